The minimum Gasteiger partial charge on any atom is -0.327 e. The Morgan fingerprint density at radius 2 is 1.71 bits per heavy atom. The smallest absolute Gasteiger partial charge is 0.230 e. The Morgan fingerprint density at radius 3 is 2.24 bits per heavy atom. The van der Waals surface area contributed by atoms with Crippen LogP contribution in [0.25, 0.3) is 0 Å². The van der Waals surface area contributed by atoms with Crippen molar-refractivity contribution in [2.75, 3.05) is 13.1 Å². The molecule has 0 aromatic heterocycles. The lowest BCUT2D eigenvalue weighted by Crippen LogP contribution is -2.47. The number of hydrogen-bond donors (Lipinski definition) is 1. The Bertz CT molecular complexity index is 323. The molecule has 2 N–H and O–H groups in total. The van der Waals surface area contributed by atoms with E-state index in [2.05, 4.69) is 0 Å². The number of nitrogens with two attached hydrogens (primary N) is 1. The van der Waals surface area contributed by atoms with Crippen molar-refractivity contribution in [3.05, 3.63) is 12.2 Å². The molecule has 4 nitrogen and oxygen atoms in total. The SMILES string of the molecule is NC/C=C/CN1C(=O)CC2(CCCC2)CC1=O. The first-order valence-corrected chi connectivity index (χ1v) is 6.35. The maximum atomic E-state index is 12.0. The maximum Gasteiger partial charge on any atom is 0.230 e. The number of imide groups is 1. The van der Waals surface area contributed by atoms with E-state index >= 15 is 0 Å². The average molecular weight is 236 g/mol. The topological polar surface area (TPSA) is 63.4 Å². The number of nitrogens with zero attached hydrogens (tertiary/aromatic N) is 1. The second-order valence-corrected chi connectivity index (χ2v) is 5.17. The third-order valence-corrected chi connectivity index (χ3v) is 3.91. The van der Waals surface area contributed by atoms with Gasteiger partial charge in [-0.25, -0.2) is 0 Å². The highest BCUT2D eigenvalue weighted by molar-refractivity contribution is 5.98. The molecule has 0 unspecified atom stereocenters. The molecule has 1 heterocycles. The molecule has 2 rings (SSSR count). The van der Waals surface area contributed by atoms with E-state index in [-0.39, 0.29) is 17.2 Å². The summed E-state index contributed by atoms with van der Waals surface area (Å²) < 4.78 is 0. The number of likely N-dealkylation sites (tertiary alicyclic amines) is 1. The lowest BCUT2D eigenvalue weighted by molar-refractivity contribution is -0.152. The second kappa shape index (κ2) is 5.00. The van der Waals surface area contributed by atoms with Gasteiger partial charge in [0.25, 0.3) is 0 Å². The molecule has 2 aliphatic rings. The summed E-state index contributed by atoms with van der Waals surface area (Å²) in [7, 11) is 0. The van der Waals surface area contributed by atoms with Gasteiger partial charge in [0.2, 0.25) is 11.8 Å². The second-order valence-electron chi connectivity index (χ2n) is 5.17. The van der Waals surface area contributed by atoms with E-state index in [0.29, 0.717) is 25.9 Å². The van der Waals surface area contributed by atoms with Gasteiger partial charge in [-0.3, -0.25) is 14.5 Å². The van der Waals surface area contributed by atoms with Crippen LogP contribution in [0.1, 0.15) is 38.5 Å². The van der Waals surface area contributed by atoms with E-state index in [9.17, 15) is 9.59 Å². The molecule has 0 atom stereocenters. The summed E-state index contributed by atoms with van der Waals surface area (Å²) in [6.45, 7) is 0.825. The van der Waals surface area contributed by atoms with Crippen molar-refractivity contribution in [3.8, 4) is 0 Å². The predicted octanol–water partition coefficient (Wildman–Crippen LogP) is 1.21. The molecule has 2 fully saturated rings. The Kier molecular flexibility index (Phi) is 3.62. The van der Waals surface area contributed by atoms with Crippen LogP contribution >= 0.6 is 0 Å². The summed E-state index contributed by atoms with van der Waals surface area (Å²) in [6, 6.07) is 0. The van der Waals surface area contributed by atoms with Crippen molar-refractivity contribution >= 4 is 11.8 Å². The predicted molar refractivity (Wildman–Crippen MR) is 65.0 cm³/mol. The standard InChI is InChI=1S/C13H20N2O2/c14-7-3-4-8-15-11(16)9-13(10-12(15)17)5-1-2-6-13/h3-4H,1-2,5-10,14H2/b4-3+. The van der Waals surface area contributed by atoms with Crippen molar-refractivity contribution in [1.82, 2.24) is 4.90 Å². The summed E-state index contributed by atoms with van der Waals surface area (Å²) in [5.74, 6) is -0.0188. The van der Waals surface area contributed by atoms with Crippen LogP contribution in [-0.4, -0.2) is 29.8 Å². The molecule has 0 radical (unpaired) electrons. The number of hydrogen-bond acceptors (Lipinski definition) is 3. The molecular weight excluding hydrogens is 216 g/mol. The molecule has 17 heavy (non-hydrogen) atoms. The lowest BCUT2D eigenvalue weighted by atomic mass is 9.76. The van der Waals surface area contributed by atoms with Gasteiger partial charge >= 0.3 is 0 Å². The molecule has 4 heteroatoms. The molecule has 2 amide bonds. The zero-order valence-electron chi connectivity index (χ0n) is 10.2. The Morgan fingerprint density at radius 1 is 1.12 bits per heavy atom. The third kappa shape index (κ3) is 2.57. The van der Waals surface area contributed by atoms with E-state index in [1.54, 1.807) is 12.2 Å². The fourth-order valence-corrected chi connectivity index (χ4v) is 2.99. The van der Waals surface area contributed by atoms with Gasteiger partial charge in [-0.2, -0.15) is 0 Å². The molecule has 0 bridgehead atoms. The number of carbonyl (C=O) groups excluding carboxylic acids is 2. The van der Waals surface area contributed by atoms with Crippen molar-refractivity contribution < 1.29 is 9.59 Å². The van der Waals surface area contributed by atoms with Gasteiger partial charge < -0.3 is 5.73 Å². The van der Waals surface area contributed by atoms with E-state index in [1.807, 2.05) is 0 Å². The van der Waals surface area contributed by atoms with Gasteiger partial charge in [0.1, 0.15) is 0 Å². The summed E-state index contributed by atoms with van der Waals surface area (Å²) in [4.78, 5) is 25.4. The first-order valence-electron chi connectivity index (χ1n) is 6.35. The summed E-state index contributed by atoms with van der Waals surface area (Å²) in [5.41, 5.74) is 5.33. The molecule has 0 aromatic carbocycles. The molecule has 1 saturated carbocycles. The first kappa shape index (κ1) is 12.3. The van der Waals surface area contributed by atoms with Crippen molar-refractivity contribution in [1.29, 1.82) is 0 Å². The van der Waals surface area contributed by atoms with Crippen LogP contribution < -0.4 is 5.73 Å². The number of piperidine rings is 1. The van der Waals surface area contributed by atoms with Gasteiger partial charge in [-0.1, -0.05) is 25.0 Å². The largest absolute Gasteiger partial charge is 0.327 e. The highest BCUT2D eigenvalue weighted by Crippen LogP contribution is 2.46. The molecule has 1 spiro atoms. The van der Waals surface area contributed by atoms with Crippen LogP contribution in [0.5, 0.6) is 0 Å². The van der Waals surface area contributed by atoms with Crippen LogP contribution in [0.2, 0.25) is 0 Å². The Labute approximate surface area is 102 Å². The monoisotopic (exact) mass is 236 g/mol. The highest BCUT2D eigenvalue weighted by Gasteiger charge is 2.44. The van der Waals surface area contributed by atoms with Crippen LogP contribution in [0, 0.1) is 5.41 Å². The van der Waals surface area contributed by atoms with Crippen LogP contribution in [0.3, 0.4) is 0 Å². The quantitative estimate of drug-likeness (QED) is 0.592. The van der Waals surface area contributed by atoms with Crippen LogP contribution in [0.4, 0.5) is 0 Å². The fourth-order valence-electron chi connectivity index (χ4n) is 2.99. The lowest BCUT2D eigenvalue weighted by Gasteiger charge is -2.36. The number of rotatable bonds is 3. The van der Waals surface area contributed by atoms with E-state index < -0.39 is 0 Å². The number of carbonyl (C=O) groups is 2. The van der Waals surface area contributed by atoms with Crippen molar-refractivity contribution in [2.45, 2.75) is 38.5 Å². The van der Waals surface area contributed by atoms with E-state index in [4.69, 9.17) is 5.73 Å². The molecule has 1 aliphatic carbocycles. The average Bonchev–Trinajstić information content (AvgIpc) is 2.70. The molecular formula is C13H20N2O2. The minimum absolute atomic E-state index is 0.00223. The van der Waals surface area contributed by atoms with Gasteiger partial charge in [0.05, 0.1) is 0 Å². The third-order valence-electron chi connectivity index (χ3n) is 3.91. The minimum atomic E-state index is -0.00942. The maximum absolute atomic E-state index is 12.0. The van der Waals surface area contributed by atoms with E-state index in [1.165, 1.54) is 4.90 Å². The van der Waals surface area contributed by atoms with Gasteiger partial charge in [0, 0.05) is 25.9 Å². The summed E-state index contributed by atoms with van der Waals surface area (Å²) in [6.07, 6.45) is 9.07. The van der Waals surface area contributed by atoms with Gasteiger partial charge in [-0.05, 0) is 18.3 Å². The molecule has 94 valence electrons. The van der Waals surface area contributed by atoms with Crippen LogP contribution in [0.15, 0.2) is 12.2 Å². The zero-order chi connectivity index (χ0) is 12.3. The van der Waals surface area contributed by atoms with Gasteiger partial charge in [0.15, 0.2) is 0 Å². The molecule has 0 aromatic rings. The molecule has 1 saturated heterocycles. The fraction of sp³-hybridized carbons (Fsp3) is 0.692. The van der Waals surface area contributed by atoms with Crippen molar-refractivity contribution in [3.63, 3.8) is 0 Å². The van der Waals surface area contributed by atoms with Crippen LogP contribution in [-0.2, 0) is 9.59 Å². The Hall–Kier alpha value is -1.16. The summed E-state index contributed by atoms with van der Waals surface area (Å²) in [5, 5.41) is 0. The Balaban J connectivity index is 2.01. The normalized spacial score (nSPS) is 24.2. The van der Waals surface area contributed by atoms with E-state index in [0.717, 1.165) is 25.7 Å². The van der Waals surface area contributed by atoms with Gasteiger partial charge in [-0.15, -0.1) is 0 Å². The summed E-state index contributed by atoms with van der Waals surface area (Å²) >= 11 is 0. The number of amides is 2. The zero-order valence-corrected chi connectivity index (χ0v) is 10.2. The van der Waals surface area contributed by atoms with Crippen molar-refractivity contribution in [2.24, 2.45) is 11.1 Å². The molecule has 1 aliphatic heterocycles. The highest BCUT2D eigenvalue weighted by atomic mass is 16.2. The first-order chi connectivity index (χ1) is 8.17.